The maximum atomic E-state index is 14.0. The van der Waals surface area contributed by atoms with E-state index in [0.717, 1.165) is 9.13 Å². The topological polar surface area (TPSA) is 99.4 Å². The number of pyridine rings is 1. The zero-order valence-corrected chi connectivity index (χ0v) is 19.2. The van der Waals surface area contributed by atoms with Crippen LogP contribution in [-0.2, 0) is 21.9 Å². The third-order valence-corrected chi connectivity index (χ3v) is 5.23. The Hall–Kier alpha value is -1.71. The lowest BCUT2D eigenvalue weighted by molar-refractivity contribution is -0.655. The van der Waals surface area contributed by atoms with Gasteiger partial charge in [-0.25, -0.2) is 27.5 Å². The highest BCUT2D eigenvalue weighted by Gasteiger charge is 2.37. The summed E-state index contributed by atoms with van der Waals surface area (Å²) >= 11 is 8.23. The van der Waals surface area contributed by atoms with Crippen LogP contribution in [0.5, 0.6) is 0 Å². The number of halogens is 6. The molecule has 30 heavy (non-hydrogen) atoms. The highest BCUT2D eigenvalue weighted by atomic mass is 127. The summed E-state index contributed by atoms with van der Waals surface area (Å²) in [5.41, 5.74) is -4.39. The van der Waals surface area contributed by atoms with E-state index in [1.54, 1.807) is 36.7 Å². The first-order chi connectivity index (χ1) is 13.6. The first-order valence-electron chi connectivity index (χ1n) is 7.61. The number of benzene rings is 1. The summed E-state index contributed by atoms with van der Waals surface area (Å²) in [7, 11) is -3.11. The summed E-state index contributed by atoms with van der Waals surface area (Å²) in [5.74, 6) is -0.578. The van der Waals surface area contributed by atoms with Gasteiger partial charge < -0.3 is 9.29 Å². The van der Waals surface area contributed by atoms with E-state index in [1.807, 2.05) is 22.6 Å². The summed E-state index contributed by atoms with van der Waals surface area (Å²) in [6, 6.07) is 6.38. The highest BCUT2D eigenvalue weighted by molar-refractivity contribution is 14.1. The molecule has 0 aliphatic heterocycles. The maximum Gasteiger partial charge on any atom is 0.485 e. The second kappa shape index (κ2) is 10.1. The van der Waals surface area contributed by atoms with Gasteiger partial charge in [-0.1, -0.05) is 0 Å². The van der Waals surface area contributed by atoms with Crippen molar-refractivity contribution in [3.63, 3.8) is 0 Å². The van der Waals surface area contributed by atoms with Gasteiger partial charge in [-0.05, 0) is 65.4 Å². The van der Waals surface area contributed by atoms with Crippen molar-refractivity contribution in [1.82, 2.24) is 0 Å². The molecule has 0 atom stereocenters. The van der Waals surface area contributed by atoms with E-state index < -0.39 is 27.4 Å². The minimum absolute atomic E-state index is 0.251. The smallest absolute Gasteiger partial charge is 0.485 e. The molecule has 14 heteroatoms. The predicted octanol–water partition coefficient (Wildman–Crippen LogP) is 3.80. The quantitative estimate of drug-likeness (QED) is 0.112. The molecule has 0 saturated carbocycles. The van der Waals surface area contributed by atoms with Crippen LogP contribution < -0.4 is 9.88 Å². The SMILES string of the molecule is COC(=O)c1cc(C)c(Cl)[n+](C)c1Nc1ccc(I)cc1F.O=S(=O)([O-])C(F)(F)F. The Morgan fingerprint density at radius 3 is 2.27 bits per heavy atom. The van der Waals surface area contributed by atoms with E-state index in [4.69, 9.17) is 29.3 Å². The van der Waals surface area contributed by atoms with Gasteiger partial charge in [0.2, 0.25) is 0 Å². The Balaban J connectivity index is 0.000000479. The lowest BCUT2D eigenvalue weighted by atomic mass is 10.2. The molecular weight excluding hydrogens is 571 g/mol. The number of methoxy groups -OCH3 is 1. The number of aromatic nitrogens is 1. The van der Waals surface area contributed by atoms with E-state index in [2.05, 4.69) is 5.32 Å². The largest absolute Gasteiger partial charge is 0.741 e. The van der Waals surface area contributed by atoms with E-state index in [1.165, 1.54) is 13.2 Å². The molecule has 7 nitrogen and oxygen atoms in total. The molecule has 0 bridgehead atoms. The normalized spacial score (nSPS) is 11.4. The fraction of sp³-hybridized carbons (Fsp3) is 0.250. The minimum atomic E-state index is -6.09. The van der Waals surface area contributed by atoms with Crippen LogP contribution in [0.25, 0.3) is 0 Å². The van der Waals surface area contributed by atoms with Gasteiger partial charge >= 0.3 is 11.5 Å². The third-order valence-electron chi connectivity index (χ3n) is 3.44. The Kier molecular flexibility index (Phi) is 8.83. The molecule has 2 aromatic rings. The zero-order chi connectivity index (χ0) is 23.4. The predicted molar refractivity (Wildman–Crippen MR) is 107 cm³/mol. The molecule has 1 heterocycles. The third kappa shape index (κ3) is 6.65. The first kappa shape index (κ1) is 26.3. The lowest BCUT2D eigenvalue weighted by Gasteiger charge is -2.11. The van der Waals surface area contributed by atoms with Gasteiger partial charge in [-0.15, -0.1) is 0 Å². The van der Waals surface area contributed by atoms with E-state index in [-0.39, 0.29) is 11.3 Å². The van der Waals surface area contributed by atoms with Crippen LogP contribution in [0.2, 0.25) is 5.15 Å². The van der Waals surface area contributed by atoms with Crippen LogP contribution in [0.15, 0.2) is 24.3 Å². The zero-order valence-electron chi connectivity index (χ0n) is 15.5. The number of ether oxygens (including phenoxy) is 1. The van der Waals surface area contributed by atoms with Crippen LogP contribution in [0.3, 0.4) is 0 Å². The molecule has 2 rings (SSSR count). The van der Waals surface area contributed by atoms with Gasteiger partial charge in [0.15, 0.2) is 26.8 Å². The standard InChI is InChI=1S/C15H13ClFIN2O2.CHF3O3S/c1-8-6-10(15(21)22-3)14(20(2)13(8)16)19-12-5-4-9(18)7-11(12)17;2-1(3,4)8(5,6)7/h4-7H,1-3H3;(H,5,6,7). The Morgan fingerprint density at radius 1 is 1.30 bits per heavy atom. The molecule has 1 N–H and O–H groups in total. The van der Waals surface area contributed by atoms with E-state index in [0.29, 0.717) is 11.0 Å². The number of hydrogen-bond donors (Lipinski definition) is 1. The second-order valence-corrected chi connectivity index (χ2v) is 8.55. The second-order valence-electron chi connectivity index (χ2n) is 5.58. The summed E-state index contributed by atoms with van der Waals surface area (Å²) < 4.78 is 80.1. The number of carbonyl (C=O) groups is 1. The van der Waals surface area contributed by atoms with Crippen LogP contribution in [0.1, 0.15) is 15.9 Å². The molecule has 0 aliphatic carbocycles. The Labute approximate surface area is 187 Å². The van der Waals surface area contributed by atoms with Gasteiger partial charge in [0, 0.05) is 9.13 Å². The number of anilines is 2. The van der Waals surface area contributed by atoms with Gasteiger partial charge in [0.05, 0.1) is 14.2 Å². The van der Waals surface area contributed by atoms with Crippen molar-refractivity contribution in [2.24, 2.45) is 7.05 Å². The monoisotopic (exact) mass is 584 g/mol. The van der Waals surface area contributed by atoms with Crippen molar-refractivity contribution in [2.75, 3.05) is 12.4 Å². The van der Waals surface area contributed by atoms with Crippen LogP contribution in [0, 0.1) is 16.3 Å². The van der Waals surface area contributed by atoms with Crippen LogP contribution in [0.4, 0.5) is 29.1 Å². The molecule has 0 fully saturated rings. The molecule has 1 aromatic heterocycles. The van der Waals surface area contributed by atoms with E-state index >= 15 is 0 Å². The van der Waals surface area contributed by atoms with Crippen LogP contribution in [-0.4, -0.2) is 31.6 Å². The van der Waals surface area contributed by atoms with Crippen LogP contribution >= 0.6 is 34.2 Å². The lowest BCUT2D eigenvalue weighted by Crippen LogP contribution is -2.36. The van der Waals surface area contributed by atoms with E-state index in [9.17, 15) is 22.4 Å². The number of hydrogen-bond acceptors (Lipinski definition) is 6. The fourth-order valence-corrected chi connectivity index (χ4v) is 2.62. The molecule has 0 radical (unpaired) electrons. The molecule has 166 valence electrons. The maximum absolute atomic E-state index is 14.0. The molecule has 0 spiro atoms. The van der Waals surface area contributed by atoms with Crippen molar-refractivity contribution in [2.45, 2.75) is 12.4 Å². The Morgan fingerprint density at radius 2 is 1.83 bits per heavy atom. The number of nitrogens with one attached hydrogen (secondary N) is 1. The van der Waals surface area contributed by atoms with Crippen molar-refractivity contribution in [1.29, 1.82) is 0 Å². The van der Waals surface area contributed by atoms with Gasteiger partial charge in [0.1, 0.15) is 5.56 Å². The minimum Gasteiger partial charge on any atom is -0.741 e. The summed E-state index contributed by atoms with van der Waals surface area (Å²) in [6.45, 7) is 1.78. The highest BCUT2D eigenvalue weighted by Crippen LogP contribution is 2.25. The number of esters is 1. The molecule has 0 unspecified atom stereocenters. The summed E-state index contributed by atoms with van der Waals surface area (Å²) in [5, 5.41) is 3.36. The Bertz CT molecular complexity index is 1060. The fourth-order valence-electron chi connectivity index (χ4n) is 2.02. The molecule has 0 saturated heterocycles. The molecule has 1 aromatic carbocycles. The average Bonchev–Trinajstić information content (AvgIpc) is 2.62. The van der Waals surface area contributed by atoms with Crippen molar-refractivity contribution < 1.29 is 44.6 Å². The molecule has 0 amide bonds. The number of nitrogens with zero attached hydrogens (tertiary/aromatic N) is 1. The number of carbonyl (C=O) groups excluding carboxylic acids is 1. The number of aryl methyl sites for hydroxylation is 1. The van der Waals surface area contributed by atoms with Crippen molar-refractivity contribution in [3.8, 4) is 0 Å². The van der Waals surface area contributed by atoms with Crippen molar-refractivity contribution in [3.05, 3.63) is 49.9 Å². The average molecular weight is 585 g/mol. The first-order valence-corrected chi connectivity index (χ1v) is 10.5. The van der Waals surface area contributed by atoms with Gasteiger partial charge in [0.25, 0.3) is 5.82 Å². The van der Waals surface area contributed by atoms with Gasteiger partial charge in [-0.3, -0.25) is 0 Å². The number of rotatable bonds is 3. The summed E-state index contributed by atoms with van der Waals surface area (Å²) in [6.07, 6.45) is 0. The summed E-state index contributed by atoms with van der Waals surface area (Å²) in [4.78, 5) is 12.0. The van der Waals surface area contributed by atoms with Crippen molar-refractivity contribution >= 4 is 61.8 Å². The molecular formula is C16H14ClF4IN2O5S. The molecule has 0 aliphatic rings. The van der Waals surface area contributed by atoms with Gasteiger partial charge in [-0.2, -0.15) is 13.2 Å². The number of alkyl halides is 3.